The molecular weight excluding hydrogens is 140 g/mol. The first kappa shape index (κ1) is 6.74. The summed E-state index contributed by atoms with van der Waals surface area (Å²) in [7, 11) is 10.7. The smallest absolute Gasteiger partial charge is 0.0761 e. The van der Waals surface area contributed by atoms with E-state index in [-0.39, 0.29) is 0 Å². The molecule has 0 aromatic rings. The van der Waals surface area contributed by atoms with Gasteiger partial charge in [0.2, 0.25) is 0 Å². The van der Waals surface area contributed by atoms with Crippen LogP contribution < -0.4 is 0 Å². The lowest BCUT2D eigenvalue weighted by Crippen LogP contribution is -2.26. The molecule has 0 unspecified atom stereocenters. The molecule has 0 saturated carbocycles. The van der Waals surface area contributed by atoms with Crippen molar-refractivity contribution in [3.05, 3.63) is 14.1 Å². The number of hydrazine groups is 1. The van der Waals surface area contributed by atoms with Crippen LogP contribution in [0.25, 0.3) is 0 Å². The fraction of sp³-hybridized carbons (Fsp3) is 0.500. The molecule has 8 heavy (non-hydrogen) atoms. The van der Waals surface area contributed by atoms with Crippen molar-refractivity contribution in [3.8, 4) is 0 Å². The molecule has 2 nitrogen and oxygen atoms in total. The van der Waals surface area contributed by atoms with Gasteiger partial charge in [0.25, 0.3) is 0 Å². The fourth-order valence-corrected chi connectivity index (χ4v) is 1.86. The minimum atomic E-state index is 1.04. The van der Waals surface area contributed by atoms with Gasteiger partial charge in [0.1, 0.15) is 0 Å². The van der Waals surface area contributed by atoms with Gasteiger partial charge >= 0.3 is 0 Å². The lowest BCUT2D eigenvalue weighted by molar-refractivity contribution is 0.342. The van der Waals surface area contributed by atoms with E-state index in [1.165, 1.54) is 32.7 Å². The monoisotopic (exact) mass is 146 g/mol. The van der Waals surface area contributed by atoms with Crippen LogP contribution in [0.2, 0.25) is 0 Å². The average molecular weight is 146 g/mol. The van der Waals surface area contributed by atoms with Crippen molar-refractivity contribution in [1.82, 2.24) is 8.83 Å². The summed E-state index contributed by atoms with van der Waals surface area (Å²) >= 11 is 3.03. The third-order valence-electron chi connectivity index (χ3n) is 0.725. The van der Waals surface area contributed by atoms with E-state index in [1.54, 1.807) is 0 Å². The zero-order valence-electron chi connectivity index (χ0n) is 4.28. The number of nitrogens with zero attached hydrogens (tertiary/aromatic N) is 2. The molecule has 0 spiro atoms. The van der Waals surface area contributed by atoms with Crippen molar-refractivity contribution in [2.45, 2.75) is 0 Å². The zero-order valence-corrected chi connectivity index (χ0v) is 5.91. The van der Waals surface area contributed by atoms with E-state index < -0.39 is 0 Å². The van der Waals surface area contributed by atoms with Crippen LogP contribution in [0.1, 0.15) is 0 Å². The second kappa shape index (κ2) is 2.96. The van der Waals surface area contributed by atoms with Gasteiger partial charge in [-0.05, 0) is 0 Å². The molecule has 1 heterocycles. The van der Waals surface area contributed by atoms with Gasteiger partial charge in [0, 0.05) is 11.5 Å². The standard InChI is InChI=1S/C4H6N2S2/c1-5-6(2)8-4-3-7-5/h1-2H,3-4H2. The molecule has 1 aliphatic heterocycles. The molecule has 1 aliphatic rings. The Balaban J connectivity index is 2.28. The molecule has 0 aromatic carbocycles. The highest BCUT2D eigenvalue weighted by atomic mass is 32.2. The first-order valence-corrected chi connectivity index (χ1v) is 4.04. The van der Waals surface area contributed by atoms with Gasteiger partial charge in [-0.3, -0.25) is 0 Å². The SMILES string of the molecule is [CH]N1SCCSN1[CH]. The van der Waals surface area contributed by atoms with Crippen molar-refractivity contribution in [1.29, 1.82) is 0 Å². The van der Waals surface area contributed by atoms with E-state index >= 15 is 0 Å². The van der Waals surface area contributed by atoms with Crippen molar-refractivity contribution in [2.24, 2.45) is 0 Å². The molecule has 4 heteroatoms. The molecule has 0 aromatic heterocycles. The third-order valence-corrected chi connectivity index (χ3v) is 2.74. The summed E-state index contributed by atoms with van der Waals surface area (Å²) in [6.45, 7) is 0. The molecule has 1 saturated heterocycles. The summed E-state index contributed by atoms with van der Waals surface area (Å²) in [6, 6.07) is 0. The summed E-state index contributed by atoms with van der Waals surface area (Å²) in [6.07, 6.45) is 0. The Morgan fingerprint density at radius 3 is 1.62 bits per heavy atom. The molecule has 0 N–H and O–H groups in total. The van der Waals surface area contributed by atoms with Crippen LogP contribution in [0.4, 0.5) is 0 Å². The minimum absolute atomic E-state index is 1.04. The second-order valence-corrected chi connectivity index (χ2v) is 3.35. The van der Waals surface area contributed by atoms with Gasteiger partial charge < -0.3 is 0 Å². The molecule has 0 aliphatic carbocycles. The topological polar surface area (TPSA) is 6.48 Å². The normalized spacial score (nSPS) is 26.2. The van der Waals surface area contributed by atoms with Gasteiger partial charge in [0.05, 0.1) is 14.1 Å². The van der Waals surface area contributed by atoms with E-state index in [4.69, 9.17) is 14.1 Å². The Bertz CT molecular complexity index is 68.4. The second-order valence-electron chi connectivity index (χ2n) is 1.27. The highest BCUT2D eigenvalue weighted by molar-refractivity contribution is 8.03. The summed E-state index contributed by atoms with van der Waals surface area (Å²) in [5.74, 6) is 2.07. The van der Waals surface area contributed by atoms with Crippen LogP contribution in [-0.2, 0) is 0 Å². The lowest BCUT2D eigenvalue weighted by atomic mass is 11.0. The first-order chi connectivity index (χ1) is 3.80. The Morgan fingerprint density at radius 2 is 1.38 bits per heavy atom. The minimum Gasteiger partial charge on any atom is -0.168 e. The fourth-order valence-electron chi connectivity index (χ4n) is 0.375. The van der Waals surface area contributed by atoms with Crippen LogP contribution in [-0.4, -0.2) is 20.3 Å². The average Bonchev–Trinajstić information content (AvgIpc) is 1.77. The van der Waals surface area contributed by atoms with Crippen LogP contribution in [0.3, 0.4) is 0 Å². The molecule has 1 rings (SSSR count). The summed E-state index contributed by atoms with van der Waals surface area (Å²) in [5, 5.41) is 0. The van der Waals surface area contributed by atoms with Gasteiger partial charge in [-0.25, -0.2) is 0 Å². The quantitative estimate of drug-likeness (QED) is 0.473. The van der Waals surface area contributed by atoms with Crippen LogP contribution in [0, 0.1) is 14.1 Å². The molecule has 0 amide bonds. The number of hydrogen-bond acceptors (Lipinski definition) is 4. The maximum absolute atomic E-state index is 5.35. The molecular formula is C4H6N2S2. The van der Waals surface area contributed by atoms with Crippen LogP contribution in [0.5, 0.6) is 0 Å². The van der Waals surface area contributed by atoms with Gasteiger partial charge in [0.15, 0.2) is 0 Å². The van der Waals surface area contributed by atoms with Crippen molar-refractivity contribution < 1.29 is 0 Å². The summed E-state index contributed by atoms with van der Waals surface area (Å²) < 4.78 is 2.85. The van der Waals surface area contributed by atoms with E-state index in [1.807, 2.05) is 0 Å². The van der Waals surface area contributed by atoms with Crippen molar-refractivity contribution >= 4 is 23.9 Å². The lowest BCUT2D eigenvalue weighted by Gasteiger charge is -2.28. The number of rotatable bonds is 0. The Morgan fingerprint density at radius 1 is 1.00 bits per heavy atom. The molecule has 0 bridgehead atoms. The Kier molecular flexibility index (Phi) is 2.49. The van der Waals surface area contributed by atoms with Crippen LogP contribution >= 0.6 is 23.9 Å². The van der Waals surface area contributed by atoms with E-state index in [0.29, 0.717) is 0 Å². The first-order valence-electron chi connectivity index (χ1n) is 2.16. The molecule has 44 valence electrons. The van der Waals surface area contributed by atoms with Gasteiger partial charge in [-0.2, -0.15) is 8.83 Å². The predicted octanol–water partition coefficient (Wildman–Crippen LogP) is 1.15. The molecule has 0 atom stereocenters. The van der Waals surface area contributed by atoms with E-state index in [0.717, 1.165) is 11.5 Å². The van der Waals surface area contributed by atoms with Crippen LogP contribution in [0.15, 0.2) is 0 Å². The Hall–Kier alpha value is 0.620. The van der Waals surface area contributed by atoms with Crippen molar-refractivity contribution in [2.75, 3.05) is 11.5 Å². The maximum Gasteiger partial charge on any atom is 0.0761 e. The maximum atomic E-state index is 5.35. The molecule has 4 radical (unpaired) electrons. The summed E-state index contributed by atoms with van der Waals surface area (Å²) in [5.41, 5.74) is 0. The van der Waals surface area contributed by atoms with Gasteiger partial charge in [-0.1, -0.05) is 23.9 Å². The van der Waals surface area contributed by atoms with E-state index in [9.17, 15) is 0 Å². The highest BCUT2D eigenvalue weighted by Gasteiger charge is 2.12. The molecule has 1 fully saturated rings. The zero-order chi connectivity index (χ0) is 5.98. The van der Waals surface area contributed by atoms with Gasteiger partial charge in [-0.15, -0.1) is 0 Å². The Labute approximate surface area is 58.8 Å². The third kappa shape index (κ3) is 1.55. The van der Waals surface area contributed by atoms with Crippen molar-refractivity contribution in [3.63, 3.8) is 0 Å². The summed E-state index contributed by atoms with van der Waals surface area (Å²) in [4.78, 5) is 0. The highest BCUT2D eigenvalue weighted by Crippen LogP contribution is 2.25. The van der Waals surface area contributed by atoms with E-state index in [2.05, 4.69) is 0 Å². The largest absolute Gasteiger partial charge is 0.168 e. The number of hydrogen-bond donors (Lipinski definition) is 0. The predicted molar refractivity (Wildman–Crippen MR) is 37.2 cm³/mol.